The van der Waals surface area contributed by atoms with Gasteiger partial charge in [-0.25, -0.2) is 0 Å². The number of rotatable bonds is 5. The number of likely N-dealkylation sites (N-methyl/N-ethyl adjacent to an activating group) is 1. The van der Waals surface area contributed by atoms with Crippen molar-refractivity contribution in [2.24, 2.45) is 17.8 Å². The fourth-order valence-electron chi connectivity index (χ4n) is 5.06. The predicted molar refractivity (Wildman–Crippen MR) is 152 cm³/mol. The molecule has 0 aliphatic carbocycles. The zero-order valence-corrected chi connectivity index (χ0v) is 25.8. The topological polar surface area (TPSA) is 154 Å². The van der Waals surface area contributed by atoms with Gasteiger partial charge in [0.05, 0.1) is 6.42 Å². The standard InChI is InChI=1S/C29H49N5O7/c1-9-18(6)24-27(38)31-23(17(4)5)29(40)33(8)19(7)25(36)30-13-12-22(35)41-21(15-16(2)3)28(39)34-14-10-11-20(34)26(37)32-24/h16-21,23-24H,9-15H2,1-8H3,(H,30,36)(H,31,38)(H,32,37)/t18-,19-,20-,21-,23-,24-/m0/s1. The zero-order valence-electron chi connectivity index (χ0n) is 25.8. The first-order chi connectivity index (χ1) is 19.2. The molecule has 0 radical (unpaired) electrons. The van der Waals surface area contributed by atoms with E-state index >= 15 is 0 Å². The van der Waals surface area contributed by atoms with E-state index in [1.54, 1.807) is 20.8 Å². The second-order valence-corrected chi connectivity index (χ2v) is 12.1. The summed E-state index contributed by atoms with van der Waals surface area (Å²) in [5.74, 6) is -3.52. The molecule has 232 valence electrons. The SMILES string of the molecule is CC[C@H](C)[C@@H]1NC(=O)[C@@H]2CCCN2C(=O)[C@H](CC(C)C)OC(=O)CCNC(=O)[C@H](C)N(C)C(=O)[C@H](C(C)C)NC1=O. The molecule has 41 heavy (non-hydrogen) atoms. The van der Waals surface area contributed by atoms with Gasteiger partial charge in [-0.2, -0.15) is 0 Å². The highest BCUT2D eigenvalue weighted by molar-refractivity contribution is 5.96. The number of hydrogen-bond donors (Lipinski definition) is 3. The first-order valence-corrected chi connectivity index (χ1v) is 14.8. The molecule has 2 aliphatic heterocycles. The van der Waals surface area contributed by atoms with Crippen LogP contribution in [-0.4, -0.2) is 95.7 Å². The van der Waals surface area contributed by atoms with Crippen molar-refractivity contribution in [1.82, 2.24) is 25.8 Å². The summed E-state index contributed by atoms with van der Waals surface area (Å²) in [6.07, 6.45) is 0.624. The summed E-state index contributed by atoms with van der Waals surface area (Å²) < 4.78 is 5.58. The Hall–Kier alpha value is -3.18. The molecule has 0 bridgehead atoms. The number of cyclic esters (lactones) is 1. The van der Waals surface area contributed by atoms with Gasteiger partial charge >= 0.3 is 5.97 Å². The van der Waals surface area contributed by atoms with Gasteiger partial charge in [-0.3, -0.25) is 28.8 Å². The van der Waals surface area contributed by atoms with Gasteiger partial charge in [-0.1, -0.05) is 48.0 Å². The van der Waals surface area contributed by atoms with Crippen molar-refractivity contribution in [1.29, 1.82) is 0 Å². The van der Waals surface area contributed by atoms with E-state index in [2.05, 4.69) is 16.0 Å². The van der Waals surface area contributed by atoms with Crippen molar-refractivity contribution in [3.63, 3.8) is 0 Å². The number of ether oxygens (including phenoxy) is 1. The molecule has 0 aromatic carbocycles. The van der Waals surface area contributed by atoms with Crippen molar-refractivity contribution < 1.29 is 33.5 Å². The van der Waals surface area contributed by atoms with Crippen molar-refractivity contribution in [2.45, 2.75) is 111 Å². The van der Waals surface area contributed by atoms with Crippen LogP contribution < -0.4 is 16.0 Å². The molecule has 3 N–H and O–H groups in total. The van der Waals surface area contributed by atoms with Crippen LogP contribution in [0.15, 0.2) is 0 Å². The summed E-state index contributed by atoms with van der Waals surface area (Å²) in [5.41, 5.74) is 0. The number of amides is 5. The molecule has 0 spiro atoms. The molecule has 12 heteroatoms. The summed E-state index contributed by atoms with van der Waals surface area (Å²) in [6.45, 7) is 13.0. The fourth-order valence-corrected chi connectivity index (χ4v) is 5.06. The summed E-state index contributed by atoms with van der Waals surface area (Å²) in [4.78, 5) is 82.3. The average molecular weight is 580 g/mol. The molecule has 0 unspecified atom stereocenters. The van der Waals surface area contributed by atoms with Gasteiger partial charge in [-0.05, 0) is 43.9 Å². The molecule has 12 nitrogen and oxygen atoms in total. The number of nitrogens with one attached hydrogen (secondary N) is 3. The van der Waals surface area contributed by atoms with E-state index in [9.17, 15) is 28.8 Å². The Morgan fingerprint density at radius 1 is 0.902 bits per heavy atom. The van der Waals surface area contributed by atoms with Gasteiger partial charge in [0.15, 0.2) is 6.10 Å². The molecule has 0 saturated carbocycles. The molecule has 6 atom stereocenters. The van der Waals surface area contributed by atoms with E-state index in [0.29, 0.717) is 25.8 Å². The van der Waals surface area contributed by atoms with Crippen LogP contribution in [0.5, 0.6) is 0 Å². The minimum absolute atomic E-state index is 0.0363. The van der Waals surface area contributed by atoms with Gasteiger partial charge in [0, 0.05) is 20.1 Å². The highest BCUT2D eigenvalue weighted by atomic mass is 16.5. The molecule has 2 rings (SSSR count). The molecule has 5 amide bonds. The van der Waals surface area contributed by atoms with E-state index in [0.717, 1.165) is 0 Å². The van der Waals surface area contributed by atoms with Crippen molar-refractivity contribution in [3.8, 4) is 0 Å². The van der Waals surface area contributed by atoms with Crippen molar-refractivity contribution >= 4 is 35.5 Å². The van der Waals surface area contributed by atoms with Crippen LogP contribution in [-0.2, 0) is 33.5 Å². The third-order valence-corrected chi connectivity index (χ3v) is 8.03. The molecule has 2 fully saturated rings. The maximum Gasteiger partial charge on any atom is 0.308 e. The highest BCUT2D eigenvalue weighted by Gasteiger charge is 2.41. The van der Waals surface area contributed by atoms with Crippen molar-refractivity contribution in [2.75, 3.05) is 20.1 Å². The van der Waals surface area contributed by atoms with Crippen molar-refractivity contribution in [3.05, 3.63) is 0 Å². The second kappa shape index (κ2) is 15.2. The Labute approximate surface area is 243 Å². The number of carbonyl (C=O) groups is 6. The first-order valence-electron chi connectivity index (χ1n) is 14.8. The molecule has 2 heterocycles. The number of nitrogens with zero attached hydrogens (tertiary/aromatic N) is 2. The third kappa shape index (κ3) is 8.90. The van der Waals surface area contributed by atoms with Gasteiger partial charge in [0.25, 0.3) is 5.91 Å². The Balaban J connectivity index is 2.48. The summed E-state index contributed by atoms with van der Waals surface area (Å²) in [7, 11) is 1.48. The van der Waals surface area contributed by atoms with Gasteiger partial charge in [0.1, 0.15) is 24.2 Å². The molecular weight excluding hydrogens is 530 g/mol. The van der Waals surface area contributed by atoms with Crippen LogP contribution in [0.3, 0.4) is 0 Å². The lowest BCUT2D eigenvalue weighted by Gasteiger charge is -2.33. The normalized spacial score (nSPS) is 28.8. The highest BCUT2D eigenvalue weighted by Crippen LogP contribution is 2.23. The van der Waals surface area contributed by atoms with E-state index < -0.39 is 65.8 Å². The fraction of sp³-hybridized carbons (Fsp3) is 0.793. The Bertz CT molecular complexity index is 985. The number of carbonyl (C=O) groups excluding carboxylic acids is 6. The van der Waals surface area contributed by atoms with Crippen LogP contribution in [0, 0.1) is 17.8 Å². The van der Waals surface area contributed by atoms with E-state index in [1.807, 2.05) is 27.7 Å². The Morgan fingerprint density at radius 2 is 1.54 bits per heavy atom. The van der Waals surface area contributed by atoms with Gasteiger partial charge in [0.2, 0.25) is 23.6 Å². The van der Waals surface area contributed by atoms with Crippen LogP contribution in [0.1, 0.15) is 80.6 Å². The monoisotopic (exact) mass is 579 g/mol. The lowest BCUT2D eigenvalue weighted by Crippen LogP contribution is -2.60. The predicted octanol–water partition coefficient (Wildman–Crippen LogP) is 0.974. The maximum absolute atomic E-state index is 13.6. The minimum atomic E-state index is -1.07. The van der Waals surface area contributed by atoms with Gasteiger partial charge in [-0.15, -0.1) is 0 Å². The second-order valence-electron chi connectivity index (χ2n) is 12.1. The molecule has 2 saturated heterocycles. The summed E-state index contributed by atoms with van der Waals surface area (Å²) in [5, 5.41) is 8.31. The number of fused-ring (bicyclic) bond motifs is 1. The smallest absolute Gasteiger partial charge is 0.308 e. The average Bonchev–Trinajstić information content (AvgIpc) is 3.41. The first kappa shape index (κ1) is 34.0. The molecular formula is C29H49N5O7. The lowest BCUT2D eigenvalue weighted by atomic mass is 9.95. The summed E-state index contributed by atoms with van der Waals surface area (Å²) in [6, 6.07) is -3.58. The van der Waals surface area contributed by atoms with Gasteiger partial charge < -0.3 is 30.5 Å². The third-order valence-electron chi connectivity index (χ3n) is 8.03. The maximum atomic E-state index is 13.6. The van der Waals surface area contributed by atoms with E-state index in [1.165, 1.54) is 16.8 Å². The molecule has 0 aromatic heterocycles. The van der Waals surface area contributed by atoms with E-state index in [4.69, 9.17) is 4.74 Å². The van der Waals surface area contributed by atoms with Crippen LogP contribution in [0.2, 0.25) is 0 Å². The number of hydrogen-bond acceptors (Lipinski definition) is 7. The zero-order chi connectivity index (χ0) is 31.0. The van der Waals surface area contributed by atoms with Crippen LogP contribution in [0.25, 0.3) is 0 Å². The largest absolute Gasteiger partial charge is 0.452 e. The Morgan fingerprint density at radius 3 is 2.12 bits per heavy atom. The Kier molecular flexibility index (Phi) is 12.6. The minimum Gasteiger partial charge on any atom is -0.452 e. The summed E-state index contributed by atoms with van der Waals surface area (Å²) >= 11 is 0. The van der Waals surface area contributed by atoms with Crippen LogP contribution >= 0.6 is 0 Å². The quantitative estimate of drug-likeness (QED) is 0.410. The van der Waals surface area contributed by atoms with Crippen LogP contribution in [0.4, 0.5) is 0 Å². The van der Waals surface area contributed by atoms with E-state index in [-0.39, 0.29) is 37.1 Å². The number of esters is 1. The molecule has 0 aromatic rings. The lowest BCUT2D eigenvalue weighted by molar-refractivity contribution is -0.162. The molecule has 2 aliphatic rings.